The lowest BCUT2D eigenvalue weighted by Gasteiger charge is -2.17. The molecule has 3 aromatic rings. The molecule has 2 aromatic heterocycles. The molecule has 0 saturated heterocycles. The predicted molar refractivity (Wildman–Crippen MR) is 134 cm³/mol. The number of carbonyl (C=O) groups is 1. The Kier molecular flexibility index (Phi) is 8.47. The minimum absolute atomic E-state index is 0.0156. The summed E-state index contributed by atoms with van der Waals surface area (Å²) in [7, 11) is 1.81. The molecule has 0 aliphatic rings. The lowest BCUT2D eigenvalue weighted by atomic mass is 10.0. The standard InChI is InChI=1S/C21H26N2O2.C5H11NO2/c1-13(2)6-7-14(3)25-16-8-9-17-18-10-11-22-15(4)20(18)21(24)23(5)19(17)12-16;1-5(2,3)8-4(6)7/h8-14H,6-7H2,1-5H3;1-3H3,(H2,6,7). The maximum atomic E-state index is 12.8. The Morgan fingerprint density at radius 1 is 1.12 bits per heavy atom. The molecule has 3 rings (SSSR count). The van der Waals surface area contributed by atoms with Crippen LogP contribution in [-0.2, 0) is 11.8 Å². The van der Waals surface area contributed by atoms with Crippen molar-refractivity contribution < 1.29 is 14.3 Å². The van der Waals surface area contributed by atoms with Crippen molar-refractivity contribution in [1.82, 2.24) is 9.55 Å². The number of rotatable bonds is 5. The van der Waals surface area contributed by atoms with Crippen LogP contribution in [0.25, 0.3) is 21.7 Å². The van der Waals surface area contributed by atoms with E-state index in [-0.39, 0.29) is 11.7 Å². The van der Waals surface area contributed by atoms with Gasteiger partial charge >= 0.3 is 6.09 Å². The van der Waals surface area contributed by atoms with E-state index in [9.17, 15) is 9.59 Å². The van der Waals surface area contributed by atoms with Crippen LogP contribution in [-0.4, -0.2) is 27.3 Å². The van der Waals surface area contributed by atoms with E-state index in [2.05, 4.69) is 30.5 Å². The zero-order valence-electron chi connectivity index (χ0n) is 21.1. The molecule has 180 valence electrons. The molecular weight excluding hydrogens is 418 g/mol. The van der Waals surface area contributed by atoms with Crippen LogP contribution in [0.5, 0.6) is 5.75 Å². The molecule has 7 heteroatoms. The zero-order chi connectivity index (χ0) is 24.9. The quantitative estimate of drug-likeness (QED) is 0.514. The number of nitrogens with zero attached hydrogens (tertiary/aromatic N) is 2. The number of benzene rings is 1. The maximum absolute atomic E-state index is 12.8. The number of hydrogen-bond acceptors (Lipinski definition) is 5. The van der Waals surface area contributed by atoms with Gasteiger partial charge in [-0.25, -0.2) is 4.79 Å². The van der Waals surface area contributed by atoms with Crippen LogP contribution in [0.4, 0.5) is 4.79 Å². The number of amides is 1. The van der Waals surface area contributed by atoms with E-state index in [0.717, 1.165) is 40.6 Å². The van der Waals surface area contributed by atoms with Gasteiger partial charge in [0.05, 0.1) is 22.7 Å². The van der Waals surface area contributed by atoms with Crippen LogP contribution in [0.3, 0.4) is 0 Å². The van der Waals surface area contributed by atoms with Crippen LogP contribution < -0.4 is 16.0 Å². The third kappa shape index (κ3) is 7.20. The first-order valence-corrected chi connectivity index (χ1v) is 11.3. The Morgan fingerprint density at radius 3 is 2.33 bits per heavy atom. The highest BCUT2D eigenvalue weighted by Gasteiger charge is 2.14. The summed E-state index contributed by atoms with van der Waals surface area (Å²) in [5, 5.41) is 2.69. The number of pyridine rings is 2. The van der Waals surface area contributed by atoms with Gasteiger partial charge in [0.25, 0.3) is 5.56 Å². The van der Waals surface area contributed by atoms with Crippen LogP contribution in [0.2, 0.25) is 0 Å². The fourth-order valence-electron chi connectivity index (χ4n) is 3.59. The number of fused-ring (bicyclic) bond motifs is 3. The highest BCUT2D eigenvalue weighted by atomic mass is 16.6. The minimum atomic E-state index is -0.725. The summed E-state index contributed by atoms with van der Waals surface area (Å²) < 4.78 is 12.3. The molecule has 7 nitrogen and oxygen atoms in total. The largest absolute Gasteiger partial charge is 0.491 e. The second-order valence-electron chi connectivity index (χ2n) is 9.80. The van der Waals surface area contributed by atoms with Gasteiger partial charge in [-0.1, -0.05) is 13.8 Å². The second-order valence-corrected chi connectivity index (χ2v) is 9.80. The van der Waals surface area contributed by atoms with E-state index in [0.29, 0.717) is 11.3 Å². The van der Waals surface area contributed by atoms with Gasteiger partial charge in [0.15, 0.2) is 0 Å². The van der Waals surface area contributed by atoms with Crippen LogP contribution >= 0.6 is 0 Å². The first-order chi connectivity index (χ1) is 15.3. The van der Waals surface area contributed by atoms with E-state index < -0.39 is 11.7 Å². The third-order valence-corrected chi connectivity index (χ3v) is 5.17. The average Bonchev–Trinajstić information content (AvgIpc) is 2.69. The molecule has 0 saturated carbocycles. The van der Waals surface area contributed by atoms with Crippen molar-refractivity contribution in [2.45, 2.75) is 73.0 Å². The van der Waals surface area contributed by atoms with Crippen LogP contribution in [0.1, 0.15) is 60.1 Å². The monoisotopic (exact) mass is 455 g/mol. The highest BCUT2D eigenvalue weighted by molar-refractivity contribution is 6.06. The summed E-state index contributed by atoms with van der Waals surface area (Å²) in [4.78, 5) is 27.0. The van der Waals surface area contributed by atoms with E-state index in [1.165, 1.54) is 0 Å². The van der Waals surface area contributed by atoms with Crippen molar-refractivity contribution >= 4 is 27.8 Å². The summed E-state index contributed by atoms with van der Waals surface area (Å²) in [5.74, 6) is 1.48. The van der Waals surface area contributed by atoms with Gasteiger partial charge in [-0.2, -0.15) is 0 Å². The molecule has 0 bridgehead atoms. The van der Waals surface area contributed by atoms with Crippen molar-refractivity contribution in [3.8, 4) is 5.75 Å². The van der Waals surface area contributed by atoms with Gasteiger partial charge in [-0.15, -0.1) is 0 Å². The normalized spacial score (nSPS) is 12.4. The van der Waals surface area contributed by atoms with Crippen molar-refractivity contribution in [2.24, 2.45) is 18.7 Å². The van der Waals surface area contributed by atoms with Crippen LogP contribution in [0.15, 0.2) is 35.3 Å². The first kappa shape index (κ1) is 26.2. The van der Waals surface area contributed by atoms with Crippen molar-refractivity contribution in [3.05, 3.63) is 46.5 Å². The molecule has 1 aromatic carbocycles. The smallest absolute Gasteiger partial charge is 0.405 e. The second kappa shape index (κ2) is 10.7. The molecule has 1 unspecified atom stereocenters. The molecule has 0 aliphatic heterocycles. The maximum Gasteiger partial charge on any atom is 0.405 e. The topological polar surface area (TPSA) is 96.4 Å². The summed E-state index contributed by atoms with van der Waals surface area (Å²) in [6.07, 6.45) is 3.36. The average molecular weight is 456 g/mol. The van der Waals surface area contributed by atoms with Gasteiger partial charge in [0.1, 0.15) is 11.4 Å². The Hall–Kier alpha value is -3.09. The predicted octanol–water partition coefficient (Wildman–Crippen LogP) is 5.48. The number of ether oxygens (including phenoxy) is 2. The Morgan fingerprint density at radius 2 is 1.79 bits per heavy atom. The zero-order valence-corrected chi connectivity index (χ0v) is 21.1. The number of hydrogen-bond donors (Lipinski definition) is 1. The molecule has 33 heavy (non-hydrogen) atoms. The fraction of sp³-hybridized carbons (Fsp3) is 0.500. The third-order valence-electron chi connectivity index (χ3n) is 5.17. The summed E-state index contributed by atoms with van der Waals surface area (Å²) in [6.45, 7) is 13.7. The number of aryl methyl sites for hydroxylation is 2. The van der Waals surface area contributed by atoms with Gasteiger partial charge in [-0.3, -0.25) is 9.78 Å². The molecule has 2 N–H and O–H groups in total. The van der Waals surface area contributed by atoms with Crippen LogP contribution in [0, 0.1) is 12.8 Å². The summed E-state index contributed by atoms with van der Waals surface area (Å²) >= 11 is 0. The van der Waals surface area contributed by atoms with Crippen molar-refractivity contribution in [1.29, 1.82) is 0 Å². The Labute approximate surface area is 195 Å². The summed E-state index contributed by atoms with van der Waals surface area (Å²) in [6, 6.07) is 7.92. The molecular formula is C26H37N3O4. The van der Waals surface area contributed by atoms with Crippen molar-refractivity contribution in [3.63, 3.8) is 0 Å². The van der Waals surface area contributed by atoms with E-state index in [1.807, 2.05) is 38.2 Å². The molecule has 1 amide bonds. The molecule has 0 spiro atoms. The molecule has 2 heterocycles. The molecule has 1 atom stereocenters. The van der Waals surface area contributed by atoms with Gasteiger partial charge in [0.2, 0.25) is 0 Å². The van der Waals surface area contributed by atoms with E-state index >= 15 is 0 Å². The molecule has 0 radical (unpaired) electrons. The fourth-order valence-corrected chi connectivity index (χ4v) is 3.59. The number of aromatic nitrogens is 2. The Bertz CT molecular complexity index is 1180. The van der Waals surface area contributed by atoms with Gasteiger partial charge in [0, 0.05) is 24.7 Å². The highest BCUT2D eigenvalue weighted by Crippen LogP contribution is 2.27. The summed E-state index contributed by atoms with van der Waals surface area (Å²) in [5.41, 5.74) is 5.90. The van der Waals surface area contributed by atoms with E-state index in [1.54, 1.807) is 31.5 Å². The molecule has 0 fully saturated rings. The van der Waals surface area contributed by atoms with Crippen molar-refractivity contribution in [2.75, 3.05) is 0 Å². The van der Waals surface area contributed by atoms with E-state index in [4.69, 9.17) is 10.5 Å². The van der Waals surface area contributed by atoms with Gasteiger partial charge < -0.3 is 19.8 Å². The van der Waals surface area contributed by atoms with Gasteiger partial charge in [-0.05, 0) is 77.0 Å². The first-order valence-electron chi connectivity index (χ1n) is 11.3. The number of primary amides is 1. The number of carbonyl (C=O) groups excluding carboxylic acids is 1. The Balaban J connectivity index is 0.000000414. The lowest BCUT2D eigenvalue weighted by Crippen LogP contribution is -2.27. The lowest BCUT2D eigenvalue weighted by molar-refractivity contribution is 0.0600. The SMILES string of the molecule is CC(C)(C)OC(N)=O.Cc1nccc2c1c(=O)n(C)c1cc(OC(C)CCC(C)C)ccc21. The molecule has 0 aliphatic carbocycles. The minimum Gasteiger partial charge on any atom is -0.491 e. The number of nitrogens with two attached hydrogens (primary N) is 1.